The van der Waals surface area contributed by atoms with Gasteiger partial charge in [-0.05, 0) is 17.7 Å². The van der Waals surface area contributed by atoms with Gasteiger partial charge in [-0.3, -0.25) is 0 Å². The predicted molar refractivity (Wildman–Crippen MR) is 76.0 cm³/mol. The van der Waals surface area contributed by atoms with Gasteiger partial charge in [0.05, 0.1) is 12.4 Å². The van der Waals surface area contributed by atoms with Crippen LogP contribution in [0.3, 0.4) is 0 Å². The summed E-state index contributed by atoms with van der Waals surface area (Å²) in [5.41, 5.74) is 1.94. The minimum atomic E-state index is 0. The molecular formula is C16H16O4Y-2. The number of phenolic OH excluding ortho intramolecular Hbond substituents is 2. The Hall–Kier alpha value is -1.52. The number of benzene rings is 2. The van der Waals surface area contributed by atoms with Crippen LogP contribution >= 0.6 is 0 Å². The maximum Gasteiger partial charge on any atom is 0.115 e. The summed E-state index contributed by atoms with van der Waals surface area (Å²) in [6, 6.07) is 13.5. The third-order valence-corrected chi connectivity index (χ3v) is 2.42. The van der Waals surface area contributed by atoms with Gasteiger partial charge in [-0.2, -0.15) is 24.6 Å². The molecule has 0 aliphatic rings. The van der Waals surface area contributed by atoms with Crippen molar-refractivity contribution in [2.45, 2.75) is 6.42 Å². The third-order valence-electron chi connectivity index (χ3n) is 2.42. The molecule has 0 bridgehead atoms. The first-order valence-corrected chi connectivity index (χ1v) is 5.99. The molecule has 109 valence electrons. The molecule has 0 aliphatic carbocycles. The standard InChI is InChI=1S/C9H9O3.C7H7O.Y/c10-7-12-6-5-8-1-3-9(11)4-2-8;1-6-2-4-7(8)5-3-6;/h1-4,11H,5-6H2;2-5,8H,1H2;/q2*-1;. The van der Waals surface area contributed by atoms with Crippen molar-refractivity contribution in [3.8, 4) is 11.5 Å². The number of phenols is 2. The van der Waals surface area contributed by atoms with Gasteiger partial charge in [0.25, 0.3) is 0 Å². The van der Waals surface area contributed by atoms with Gasteiger partial charge in [0, 0.05) is 39.1 Å². The summed E-state index contributed by atoms with van der Waals surface area (Å²) in [5, 5.41) is 17.7. The Bertz CT molecular complexity index is 488. The molecule has 4 nitrogen and oxygen atoms in total. The smallest absolute Gasteiger partial charge is 0.115 e. The Labute approximate surface area is 149 Å². The van der Waals surface area contributed by atoms with E-state index >= 15 is 0 Å². The molecule has 0 amide bonds. The van der Waals surface area contributed by atoms with Crippen molar-refractivity contribution in [2.24, 2.45) is 0 Å². The Balaban J connectivity index is 0.000000390. The summed E-state index contributed by atoms with van der Waals surface area (Å²) in [4.78, 5) is 9.66. The number of rotatable bonds is 4. The molecule has 0 aliphatic heterocycles. The van der Waals surface area contributed by atoms with Crippen molar-refractivity contribution in [1.82, 2.24) is 0 Å². The van der Waals surface area contributed by atoms with E-state index in [-0.39, 0.29) is 44.2 Å². The van der Waals surface area contributed by atoms with Crippen LogP contribution in [0.1, 0.15) is 11.1 Å². The zero-order valence-electron chi connectivity index (χ0n) is 11.5. The molecule has 0 heterocycles. The van der Waals surface area contributed by atoms with E-state index in [1.807, 2.05) is 0 Å². The van der Waals surface area contributed by atoms with E-state index in [9.17, 15) is 4.79 Å². The molecule has 2 N–H and O–H groups in total. The molecule has 0 unspecified atom stereocenters. The summed E-state index contributed by atoms with van der Waals surface area (Å²) in [5.74, 6) is 0.527. The Kier molecular flexibility index (Phi) is 10.4. The van der Waals surface area contributed by atoms with Gasteiger partial charge in [0.1, 0.15) is 5.75 Å². The van der Waals surface area contributed by atoms with E-state index in [1.165, 1.54) is 6.47 Å². The van der Waals surface area contributed by atoms with Crippen LogP contribution in [0.25, 0.3) is 0 Å². The molecule has 2 rings (SSSR count). The van der Waals surface area contributed by atoms with Gasteiger partial charge in [-0.25, -0.2) is 0 Å². The minimum absolute atomic E-state index is 0. The summed E-state index contributed by atoms with van der Waals surface area (Å²) in [6.07, 6.45) is 0.648. The van der Waals surface area contributed by atoms with Gasteiger partial charge in [-0.15, -0.1) is 0 Å². The van der Waals surface area contributed by atoms with Crippen LogP contribution in [-0.4, -0.2) is 23.3 Å². The Morgan fingerprint density at radius 2 is 1.43 bits per heavy atom. The molecule has 2 aromatic carbocycles. The molecular weight excluding hydrogens is 345 g/mol. The number of hydrogen-bond donors (Lipinski definition) is 2. The molecule has 2 aromatic rings. The van der Waals surface area contributed by atoms with E-state index in [0.717, 1.165) is 11.1 Å². The fraction of sp³-hybridized carbons (Fsp3) is 0.125. The summed E-state index contributed by atoms with van der Waals surface area (Å²) >= 11 is 0. The van der Waals surface area contributed by atoms with E-state index in [1.54, 1.807) is 48.5 Å². The van der Waals surface area contributed by atoms with Gasteiger partial charge >= 0.3 is 0 Å². The van der Waals surface area contributed by atoms with Crippen LogP contribution in [0.5, 0.6) is 11.5 Å². The van der Waals surface area contributed by atoms with E-state index in [0.29, 0.717) is 13.0 Å². The van der Waals surface area contributed by atoms with Crippen molar-refractivity contribution in [1.29, 1.82) is 0 Å². The zero-order valence-corrected chi connectivity index (χ0v) is 14.4. The number of hydrogen-bond acceptors (Lipinski definition) is 4. The first-order valence-electron chi connectivity index (χ1n) is 5.99. The van der Waals surface area contributed by atoms with Gasteiger partial charge < -0.3 is 19.7 Å². The predicted octanol–water partition coefficient (Wildman–Crippen LogP) is 2.59. The summed E-state index contributed by atoms with van der Waals surface area (Å²) < 4.78 is 4.40. The van der Waals surface area contributed by atoms with Crippen LogP contribution in [0.4, 0.5) is 0 Å². The fourth-order valence-electron chi connectivity index (χ4n) is 1.37. The normalized spacial score (nSPS) is 8.76. The average molecular weight is 361 g/mol. The Morgan fingerprint density at radius 1 is 0.952 bits per heavy atom. The van der Waals surface area contributed by atoms with Crippen LogP contribution < -0.4 is 0 Å². The van der Waals surface area contributed by atoms with Gasteiger partial charge in [0.2, 0.25) is 0 Å². The quantitative estimate of drug-likeness (QED) is 0.649. The van der Waals surface area contributed by atoms with E-state index in [2.05, 4.69) is 11.7 Å². The molecule has 0 atom stereocenters. The molecule has 21 heavy (non-hydrogen) atoms. The summed E-state index contributed by atoms with van der Waals surface area (Å²) in [6.45, 7) is 5.33. The van der Waals surface area contributed by atoms with Crippen LogP contribution in [0.15, 0.2) is 48.5 Å². The molecule has 0 fully saturated rings. The molecule has 0 saturated heterocycles. The maximum absolute atomic E-state index is 9.66. The monoisotopic (exact) mass is 361 g/mol. The van der Waals surface area contributed by atoms with Gasteiger partial charge in [-0.1, -0.05) is 30.7 Å². The molecule has 5 heteroatoms. The van der Waals surface area contributed by atoms with Crippen LogP contribution in [0, 0.1) is 6.92 Å². The second-order valence-corrected chi connectivity index (χ2v) is 4.01. The fourth-order valence-corrected chi connectivity index (χ4v) is 1.37. The van der Waals surface area contributed by atoms with Crippen molar-refractivity contribution >= 4 is 6.47 Å². The van der Waals surface area contributed by atoms with E-state index in [4.69, 9.17) is 10.2 Å². The number of carbonyl (C=O) groups excluding carboxylic acids is 1. The first-order chi connectivity index (χ1) is 9.61. The molecule has 1 radical (unpaired) electrons. The van der Waals surface area contributed by atoms with Crippen LogP contribution in [0.2, 0.25) is 0 Å². The van der Waals surface area contributed by atoms with E-state index < -0.39 is 0 Å². The largest absolute Gasteiger partial charge is 0.652 e. The zero-order chi connectivity index (χ0) is 14.8. The van der Waals surface area contributed by atoms with Crippen molar-refractivity contribution < 1.29 is 52.5 Å². The van der Waals surface area contributed by atoms with Crippen molar-refractivity contribution in [3.63, 3.8) is 0 Å². The second-order valence-electron chi connectivity index (χ2n) is 4.01. The number of ether oxygens (including phenoxy) is 1. The van der Waals surface area contributed by atoms with Crippen molar-refractivity contribution in [3.05, 3.63) is 66.6 Å². The average Bonchev–Trinajstić information content (AvgIpc) is 2.45. The molecule has 0 saturated carbocycles. The van der Waals surface area contributed by atoms with Crippen molar-refractivity contribution in [2.75, 3.05) is 6.61 Å². The maximum atomic E-state index is 9.66. The minimum Gasteiger partial charge on any atom is -0.652 e. The number of aromatic hydroxyl groups is 2. The Morgan fingerprint density at radius 3 is 1.86 bits per heavy atom. The molecule has 0 aromatic heterocycles. The van der Waals surface area contributed by atoms with Crippen LogP contribution in [-0.2, 0) is 48.7 Å². The van der Waals surface area contributed by atoms with Gasteiger partial charge in [0.15, 0.2) is 0 Å². The molecule has 0 spiro atoms. The topological polar surface area (TPSA) is 66.8 Å². The first kappa shape index (κ1) is 19.5. The summed E-state index contributed by atoms with van der Waals surface area (Å²) in [7, 11) is 0. The SMILES string of the molecule is O=[C-]OCCc1ccc(O)cc1.[CH2-]c1ccc(O)cc1.[Y]. The third kappa shape index (κ3) is 9.11. The second kappa shape index (κ2) is 11.2.